The lowest BCUT2D eigenvalue weighted by molar-refractivity contribution is -0.123. The Kier molecular flexibility index (Phi) is 8.94. The predicted molar refractivity (Wildman–Crippen MR) is 107 cm³/mol. The molecule has 0 spiro atoms. The standard InChI is InChI=1S/C20H26N2O4S/c1-3-25-14-16-8-6-15(7-9-16)13-21-19(23)17(10-12-27-2)22-20(24)18-5-4-11-26-18/h4-9,11,17H,3,10,12-14H2,1-2H3,(H,21,23)(H,22,24)/t17-/m0/s1. The molecule has 146 valence electrons. The third kappa shape index (κ3) is 7.11. The van der Waals surface area contributed by atoms with Gasteiger partial charge in [-0.3, -0.25) is 9.59 Å². The van der Waals surface area contributed by atoms with Crippen LogP contribution in [0.2, 0.25) is 0 Å². The number of ether oxygens (including phenoxy) is 1. The second kappa shape index (κ2) is 11.5. The van der Waals surface area contributed by atoms with Crippen LogP contribution in [0.3, 0.4) is 0 Å². The molecule has 0 aliphatic rings. The Morgan fingerprint density at radius 3 is 2.56 bits per heavy atom. The number of hydrogen-bond acceptors (Lipinski definition) is 5. The van der Waals surface area contributed by atoms with Gasteiger partial charge in [0.05, 0.1) is 12.9 Å². The number of thioether (sulfide) groups is 1. The van der Waals surface area contributed by atoms with Gasteiger partial charge in [-0.1, -0.05) is 24.3 Å². The molecule has 2 N–H and O–H groups in total. The molecular weight excluding hydrogens is 364 g/mol. The number of nitrogens with one attached hydrogen (secondary N) is 2. The molecule has 0 aliphatic carbocycles. The fourth-order valence-corrected chi connectivity index (χ4v) is 2.90. The van der Waals surface area contributed by atoms with Crippen molar-refractivity contribution < 1.29 is 18.7 Å². The molecule has 2 rings (SSSR count). The smallest absolute Gasteiger partial charge is 0.287 e. The summed E-state index contributed by atoms with van der Waals surface area (Å²) < 4.78 is 10.5. The molecule has 0 saturated carbocycles. The van der Waals surface area contributed by atoms with E-state index in [2.05, 4.69) is 10.6 Å². The van der Waals surface area contributed by atoms with Gasteiger partial charge in [-0.05, 0) is 48.6 Å². The van der Waals surface area contributed by atoms with Crippen LogP contribution in [0.1, 0.15) is 35.0 Å². The molecule has 6 nitrogen and oxygen atoms in total. The van der Waals surface area contributed by atoms with E-state index in [1.54, 1.807) is 23.9 Å². The third-order valence-electron chi connectivity index (χ3n) is 3.94. The molecule has 0 bridgehead atoms. The summed E-state index contributed by atoms with van der Waals surface area (Å²) in [6, 6.07) is 10.5. The molecule has 1 atom stereocenters. The van der Waals surface area contributed by atoms with Gasteiger partial charge >= 0.3 is 0 Å². The van der Waals surface area contributed by atoms with Gasteiger partial charge in [-0.25, -0.2) is 0 Å². The average molecular weight is 391 g/mol. The van der Waals surface area contributed by atoms with E-state index in [0.29, 0.717) is 26.2 Å². The van der Waals surface area contributed by atoms with Gasteiger partial charge in [0.15, 0.2) is 5.76 Å². The van der Waals surface area contributed by atoms with E-state index in [4.69, 9.17) is 9.15 Å². The highest BCUT2D eigenvalue weighted by molar-refractivity contribution is 7.98. The lowest BCUT2D eigenvalue weighted by Gasteiger charge is -2.17. The van der Waals surface area contributed by atoms with E-state index in [-0.39, 0.29) is 17.6 Å². The summed E-state index contributed by atoms with van der Waals surface area (Å²) in [4.78, 5) is 24.7. The van der Waals surface area contributed by atoms with Crippen molar-refractivity contribution in [3.8, 4) is 0 Å². The molecule has 1 aromatic carbocycles. The number of furan rings is 1. The Hall–Kier alpha value is -2.25. The maximum absolute atomic E-state index is 12.6. The number of benzene rings is 1. The number of carbonyl (C=O) groups excluding carboxylic acids is 2. The van der Waals surface area contributed by atoms with Gasteiger partial charge in [-0.2, -0.15) is 11.8 Å². The molecule has 0 saturated heterocycles. The first-order valence-corrected chi connectivity index (χ1v) is 10.3. The van der Waals surface area contributed by atoms with Crippen molar-refractivity contribution >= 4 is 23.6 Å². The monoisotopic (exact) mass is 390 g/mol. The Morgan fingerprint density at radius 1 is 1.19 bits per heavy atom. The highest BCUT2D eigenvalue weighted by Crippen LogP contribution is 2.08. The van der Waals surface area contributed by atoms with Gasteiger partial charge in [0.2, 0.25) is 5.91 Å². The van der Waals surface area contributed by atoms with Gasteiger partial charge in [-0.15, -0.1) is 0 Å². The van der Waals surface area contributed by atoms with E-state index in [1.807, 2.05) is 37.4 Å². The Morgan fingerprint density at radius 2 is 1.93 bits per heavy atom. The predicted octanol–water partition coefficient (Wildman–Crippen LogP) is 2.98. The van der Waals surface area contributed by atoms with E-state index < -0.39 is 6.04 Å². The van der Waals surface area contributed by atoms with Crippen molar-refractivity contribution in [2.24, 2.45) is 0 Å². The minimum absolute atomic E-state index is 0.196. The van der Waals surface area contributed by atoms with Crippen molar-refractivity contribution in [2.75, 3.05) is 18.6 Å². The van der Waals surface area contributed by atoms with Gasteiger partial charge < -0.3 is 19.8 Å². The number of rotatable bonds is 11. The fraction of sp³-hybridized carbons (Fsp3) is 0.400. The molecule has 1 heterocycles. The molecule has 7 heteroatoms. The average Bonchev–Trinajstić information content (AvgIpc) is 3.23. The molecular formula is C20H26N2O4S. The van der Waals surface area contributed by atoms with Gasteiger partial charge in [0, 0.05) is 13.2 Å². The molecule has 27 heavy (non-hydrogen) atoms. The van der Waals surface area contributed by atoms with Crippen molar-refractivity contribution in [1.29, 1.82) is 0 Å². The van der Waals surface area contributed by atoms with Crippen LogP contribution < -0.4 is 10.6 Å². The first-order chi connectivity index (χ1) is 13.1. The minimum Gasteiger partial charge on any atom is -0.459 e. The topological polar surface area (TPSA) is 80.6 Å². The summed E-state index contributed by atoms with van der Waals surface area (Å²) in [5.41, 5.74) is 2.08. The van der Waals surface area contributed by atoms with Crippen LogP contribution in [0.5, 0.6) is 0 Å². The van der Waals surface area contributed by atoms with E-state index in [1.165, 1.54) is 6.26 Å². The quantitative estimate of drug-likeness (QED) is 0.617. The van der Waals surface area contributed by atoms with Crippen LogP contribution in [-0.4, -0.2) is 36.5 Å². The summed E-state index contributed by atoms with van der Waals surface area (Å²) in [6.45, 7) is 3.62. The Labute approximate surface area is 164 Å². The lowest BCUT2D eigenvalue weighted by Crippen LogP contribution is -2.46. The van der Waals surface area contributed by atoms with Gasteiger partial charge in [0.1, 0.15) is 6.04 Å². The summed E-state index contributed by atoms with van der Waals surface area (Å²) in [7, 11) is 0. The maximum Gasteiger partial charge on any atom is 0.287 e. The number of carbonyl (C=O) groups is 2. The summed E-state index contributed by atoms with van der Waals surface area (Å²) >= 11 is 1.63. The van der Waals surface area contributed by atoms with E-state index in [9.17, 15) is 9.59 Å². The zero-order valence-electron chi connectivity index (χ0n) is 15.7. The number of hydrogen-bond donors (Lipinski definition) is 2. The van der Waals surface area contributed by atoms with E-state index in [0.717, 1.165) is 16.9 Å². The first-order valence-electron chi connectivity index (χ1n) is 8.90. The van der Waals surface area contributed by atoms with Crippen LogP contribution in [0.25, 0.3) is 0 Å². The van der Waals surface area contributed by atoms with Crippen molar-refractivity contribution in [3.05, 3.63) is 59.5 Å². The summed E-state index contributed by atoms with van der Waals surface area (Å²) in [6.07, 6.45) is 3.95. The second-order valence-electron chi connectivity index (χ2n) is 5.96. The Balaban J connectivity index is 1.89. The van der Waals surface area contributed by atoms with Crippen molar-refractivity contribution in [1.82, 2.24) is 10.6 Å². The lowest BCUT2D eigenvalue weighted by atomic mass is 10.1. The van der Waals surface area contributed by atoms with Gasteiger partial charge in [0.25, 0.3) is 5.91 Å². The van der Waals surface area contributed by atoms with Crippen molar-refractivity contribution in [2.45, 2.75) is 32.5 Å². The van der Waals surface area contributed by atoms with Crippen LogP contribution in [-0.2, 0) is 22.7 Å². The van der Waals surface area contributed by atoms with Crippen molar-refractivity contribution in [3.63, 3.8) is 0 Å². The first kappa shape index (κ1) is 21.1. The molecule has 0 fully saturated rings. The summed E-state index contributed by atoms with van der Waals surface area (Å²) in [5, 5.41) is 5.64. The molecule has 1 aromatic heterocycles. The zero-order chi connectivity index (χ0) is 19.5. The number of amides is 2. The van der Waals surface area contributed by atoms with Crippen LogP contribution in [0, 0.1) is 0 Å². The zero-order valence-corrected chi connectivity index (χ0v) is 16.5. The van der Waals surface area contributed by atoms with Crippen LogP contribution in [0.15, 0.2) is 47.1 Å². The molecule has 2 aromatic rings. The minimum atomic E-state index is -0.604. The highest BCUT2D eigenvalue weighted by Gasteiger charge is 2.22. The van der Waals surface area contributed by atoms with E-state index >= 15 is 0 Å². The normalized spacial score (nSPS) is 11.8. The Bertz CT molecular complexity index is 701. The molecule has 0 radical (unpaired) electrons. The maximum atomic E-state index is 12.6. The molecule has 2 amide bonds. The molecule has 0 unspecified atom stereocenters. The third-order valence-corrected chi connectivity index (χ3v) is 4.58. The summed E-state index contributed by atoms with van der Waals surface area (Å²) in [5.74, 6) is 0.369. The largest absolute Gasteiger partial charge is 0.459 e. The SMILES string of the molecule is CCOCc1ccc(CNC(=O)[C@H](CCSC)NC(=O)c2ccco2)cc1. The van der Waals surface area contributed by atoms with Crippen LogP contribution in [0.4, 0.5) is 0 Å². The molecule has 0 aliphatic heterocycles. The highest BCUT2D eigenvalue weighted by atomic mass is 32.2. The second-order valence-corrected chi connectivity index (χ2v) is 6.94. The fourth-order valence-electron chi connectivity index (χ4n) is 2.43. The van der Waals surface area contributed by atoms with Crippen LogP contribution >= 0.6 is 11.8 Å².